The van der Waals surface area contributed by atoms with Crippen molar-refractivity contribution in [2.45, 2.75) is 13.0 Å². The van der Waals surface area contributed by atoms with Crippen LogP contribution in [0.25, 0.3) is 11.3 Å². The van der Waals surface area contributed by atoms with E-state index in [4.69, 9.17) is 5.10 Å². The number of benzene rings is 2. The Hall–Kier alpha value is -2.63. The molecule has 0 atom stereocenters. The second-order valence-electron chi connectivity index (χ2n) is 6.84. The molecule has 1 aliphatic rings. The van der Waals surface area contributed by atoms with Crippen LogP contribution < -0.4 is 5.32 Å². The van der Waals surface area contributed by atoms with Crippen LogP contribution in [-0.4, -0.2) is 46.8 Å². The molecule has 0 spiro atoms. The van der Waals surface area contributed by atoms with Gasteiger partial charge in [0.1, 0.15) is 5.69 Å². The minimum Gasteiger partial charge on any atom is -0.337 e. The summed E-state index contributed by atoms with van der Waals surface area (Å²) >= 11 is 0. The number of hydrogen-bond donors (Lipinski definition) is 1. The van der Waals surface area contributed by atoms with Gasteiger partial charge in [-0.05, 0) is 18.5 Å². The van der Waals surface area contributed by atoms with E-state index in [-0.39, 0.29) is 18.3 Å². The second kappa shape index (κ2) is 9.53. The first-order valence-corrected chi connectivity index (χ1v) is 9.48. The monoisotopic (exact) mass is 396 g/mol. The maximum atomic E-state index is 13.3. The number of nitrogens with zero attached hydrogens (tertiary/aromatic N) is 3. The van der Waals surface area contributed by atoms with Crippen LogP contribution >= 0.6 is 12.4 Å². The van der Waals surface area contributed by atoms with Gasteiger partial charge in [0.2, 0.25) is 0 Å². The zero-order valence-electron chi connectivity index (χ0n) is 15.8. The summed E-state index contributed by atoms with van der Waals surface area (Å²) in [5.74, 6) is 0.0665. The molecule has 1 N–H and O–H groups in total. The minimum atomic E-state index is 0. The van der Waals surface area contributed by atoms with Crippen molar-refractivity contribution in [3.63, 3.8) is 0 Å². The predicted molar refractivity (Wildman–Crippen MR) is 114 cm³/mol. The van der Waals surface area contributed by atoms with Crippen molar-refractivity contribution in [1.82, 2.24) is 20.0 Å². The highest BCUT2D eigenvalue weighted by atomic mass is 35.5. The molecule has 1 aromatic heterocycles. The van der Waals surface area contributed by atoms with Gasteiger partial charge in [0.05, 0.1) is 12.1 Å². The normalized spacial score (nSPS) is 14.2. The number of halogens is 1. The van der Waals surface area contributed by atoms with Gasteiger partial charge >= 0.3 is 0 Å². The quantitative estimate of drug-likeness (QED) is 0.734. The van der Waals surface area contributed by atoms with E-state index in [0.717, 1.165) is 49.4 Å². The first-order chi connectivity index (χ1) is 13.3. The molecule has 5 nitrogen and oxygen atoms in total. The van der Waals surface area contributed by atoms with E-state index in [1.807, 2.05) is 64.3 Å². The van der Waals surface area contributed by atoms with Crippen molar-refractivity contribution >= 4 is 18.3 Å². The van der Waals surface area contributed by atoms with Gasteiger partial charge in [-0.1, -0.05) is 60.7 Å². The van der Waals surface area contributed by atoms with Gasteiger partial charge in [-0.15, -0.1) is 12.4 Å². The fraction of sp³-hybridized carbons (Fsp3) is 0.273. The molecule has 0 saturated carbocycles. The Balaban J connectivity index is 0.00000225. The Morgan fingerprint density at radius 3 is 2.43 bits per heavy atom. The van der Waals surface area contributed by atoms with E-state index in [1.54, 1.807) is 0 Å². The minimum absolute atomic E-state index is 0. The summed E-state index contributed by atoms with van der Waals surface area (Å²) in [6.07, 6.45) is 2.88. The van der Waals surface area contributed by atoms with Crippen molar-refractivity contribution in [2.75, 3.05) is 26.2 Å². The lowest BCUT2D eigenvalue weighted by molar-refractivity contribution is 0.0767. The van der Waals surface area contributed by atoms with E-state index in [1.165, 1.54) is 0 Å². The van der Waals surface area contributed by atoms with Gasteiger partial charge in [-0.25, -0.2) is 0 Å². The molecule has 28 heavy (non-hydrogen) atoms. The van der Waals surface area contributed by atoms with Crippen LogP contribution in [0.3, 0.4) is 0 Å². The molecule has 146 valence electrons. The molecule has 1 amide bonds. The van der Waals surface area contributed by atoms with Crippen molar-refractivity contribution in [2.24, 2.45) is 0 Å². The summed E-state index contributed by atoms with van der Waals surface area (Å²) in [5, 5.41) is 8.12. The molecule has 2 aromatic carbocycles. The molecule has 6 heteroatoms. The van der Waals surface area contributed by atoms with Gasteiger partial charge in [0.15, 0.2) is 0 Å². The van der Waals surface area contributed by atoms with Gasteiger partial charge in [-0.3, -0.25) is 9.48 Å². The number of hydrogen-bond acceptors (Lipinski definition) is 3. The Kier molecular flexibility index (Phi) is 6.85. The van der Waals surface area contributed by atoms with Crippen molar-refractivity contribution in [3.8, 4) is 11.3 Å². The number of carbonyl (C=O) groups excluding carboxylic acids is 1. The summed E-state index contributed by atoms with van der Waals surface area (Å²) in [6.45, 7) is 3.96. The number of carbonyl (C=O) groups is 1. The highest BCUT2D eigenvalue weighted by Gasteiger charge is 2.23. The van der Waals surface area contributed by atoms with E-state index in [2.05, 4.69) is 17.4 Å². The van der Waals surface area contributed by atoms with Crippen LogP contribution in [0, 0.1) is 0 Å². The fourth-order valence-corrected chi connectivity index (χ4v) is 3.46. The molecule has 0 bridgehead atoms. The Bertz CT molecular complexity index is 887. The third-order valence-electron chi connectivity index (χ3n) is 4.85. The average molecular weight is 397 g/mol. The molecule has 3 aromatic rings. The van der Waals surface area contributed by atoms with Crippen LogP contribution in [0.4, 0.5) is 0 Å². The van der Waals surface area contributed by atoms with E-state index >= 15 is 0 Å². The molecule has 1 fully saturated rings. The van der Waals surface area contributed by atoms with E-state index < -0.39 is 0 Å². The Morgan fingerprint density at radius 1 is 0.964 bits per heavy atom. The van der Waals surface area contributed by atoms with Crippen molar-refractivity contribution < 1.29 is 4.79 Å². The highest BCUT2D eigenvalue weighted by molar-refractivity contribution is 5.99. The lowest BCUT2D eigenvalue weighted by Gasteiger charge is -2.19. The lowest BCUT2D eigenvalue weighted by Crippen LogP contribution is -2.34. The Labute approximate surface area is 171 Å². The standard InChI is InChI=1S/C22H24N4O.ClH/c27-22(25-14-7-12-23-13-15-25)20-17-26(16-18-8-3-1-4-9-18)24-21(20)19-10-5-2-6-11-19;/h1-6,8-11,17,23H,7,12-16H2;1H. The van der Waals surface area contributed by atoms with Crippen LogP contribution in [0.2, 0.25) is 0 Å². The zero-order chi connectivity index (χ0) is 18.5. The third-order valence-corrected chi connectivity index (χ3v) is 4.85. The van der Waals surface area contributed by atoms with Crippen LogP contribution in [0.5, 0.6) is 0 Å². The number of nitrogens with one attached hydrogen (secondary N) is 1. The fourth-order valence-electron chi connectivity index (χ4n) is 3.46. The first-order valence-electron chi connectivity index (χ1n) is 9.48. The van der Waals surface area contributed by atoms with E-state index in [9.17, 15) is 4.79 Å². The second-order valence-corrected chi connectivity index (χ2v) is 6.84. The lowest BCUT2D eigenvalue weighted by atomic mass is 10.1. The van der Waals surface area contributed by atoms with E-state index in [0.29, 0.717) is 12.1 Å². The van der Waals surface area contributed by atoms with Crippen molar-refractivity contribution in [3.05, 3.63) is 78.0 Å². The van der Waals surface area contributed by atoms with Gasteiger partial charge in [-0.2, -0.15) is 5.10 Å². The van der Waals surface area contributed by atoms with Crippen LogP contribution in [-0.2, 0) is 6.54 Å². The molecular formula is C22H25ClN4O. The molecule has 1 aliphatic heterocycles. The molecule has 0 radical (unpaired) electrons. The maximum absolute atomic E-state index is 13.3. The zero-order valence-corrected chi connectivity index (χ0v) is 16.6. The number of amides is 1. The summed E-state index contributed by atoms with van der Waals surface area (Å²) in [5.41, 5.74) is 3.57. The van der Waals surface area contributed by atoms with Crippen molar-refractivity contribution in [1.29, 1.82) is 0 Å². The SMILES string of the molecule is Cl.O=C(c1cn(Cc2ccccc2)nc1-c1ccccc1)N1CCCNCC1. The largest absolute Gasteiger partial charge is 0.337 e. The van der Waals surface area contributed by atoms with Gasteiger partial charge < -0.3 is 10.2 Å². The molecular weight excluding hydrogens is 372 g/mol. The Morgan fingerprint density at radius 2 is 1.68 bits per heavy atom. The smallest absolute Gasteiger partial charge is 0.257 e. The summed E-state index contributed by atoms with van der Waals surface area (Å²) in [7, 11) is 0. The molecule has 2 heterocycles. The van der Waals surface area contributed by atoms with Crippen LogP contribution in [0.1, 0.15) is 22.3 Å². The topological polar surface area (TPSA) is 50.2 Å². The number of aromatic nitrogens is 2. The molecule has 1 saturated heterocycles. The molecule has 0 aliphatic carbocycles. The average Bonchev–Trinajstić information content (AvgIpc) is 2.94. The molecule has 4 rings (SSSR count). The third kappa shape index (κ3) is 4.61. The summed E-state index contributed by atoms with van der Waals surface area (Å²) in [6, 6.07) is 20.2. The first kappa shape index (κ1) is 20.1. The van der Waals surface area contributed by atoms with Gasteiger partial charge in [0, 0.05) is 31.4 Å². The summed E-state index contributed by atoms with van der Waals surface area (Å²) in [4.78, 5) is 15.2. The van der Waals surface area contributed by atoms with Gasteiger partial charge in [0.25, 0.3) is 5.91 Å². The summed E-state index contributed by atoms with van der Waals surface area (Å²) < 4.78 is 1.88. The molecule has 0 unspecified atom stereocenters. The van der Waals surface area contributed by atoms with Crippen LogP contribution in [0.15, 0.2) is 66.9 Å². The predicted octanol–water partition coefficient (Wildman–Crippen LogP) is 3.46. The highest BCUT2D eigenvalue weighted by Crippen LogP contribution is 2.24. The maximum Gasteiger partial charge on any atom is 0.257 e. The number of rotatable bonds is 4.